The van der Waals surface area contributed by atoms with Crippen molar-refractivity contribution >= 4 is 0 Å². The van der Waals surface area contributed by atoms with Crippen molar-refractivity contribution in [1.82, 2.24) is 15.4 Å². The first-order chi connectivity index (χ1) is 8.22. The standard InChI is InChI=1S/C13H22N4/c1-9-3-4-11(7-10(9)2)13(17-14)12-5-6-15-8-16-12/h5-6,8-11,13,17H,3-4,7,14H2,1-2H3. The molecule has 1 aromatic heterocycles. The molecule has 0 spiro atoms. The van der Waals surface area contributed by atoms with Crippen LogP contribution in [0.25, 0.3) is 0 Å². The van der Waals surface area contributed by atoms with Gasteiger partial charge in [-0.05, 0) is 36.7 Å². The first kappa shape index (κ1) is 12.5. The van der Waals surface area contributed by atoms with Crippen LogP contribution in [0.2, 0.25) is 0 Å². The Hall–Kier alpha value is -1.00. The van der Waals surface area contributed by atoms with Crippen LogP contribution >= 0.6 is 0 Å². The van der Waals surface area contributed by atoms with Crippen molar-refractivity contribution in [3.63, 3.8) is 0 Å². The Morgan fingerprint density at radius 3 is 2.76 bits per heavy atom. The summed E-state index contributed by atoms with van der Waals surface area (Å²) in [7, 11) is 0. The lowest BCUT2D eigenvalue weighted by Gasteiger charge is -2.36. The van der Waals surface area contributed by atoms with Crippen molar-refractivity contribution in [2.24, 2.45) is 23.6 Å². The smallest absolute Gasteiger partial charge is 0.115 e. The van der Waals surface area contributed by atoms with Gasteiger partial charge in [0, 0.05) is 6.20 Å². The van der Waals surface area contributed by atoms with Crippen molar-refractivity contribution in [3.8, 4) is 0 Å². The van der Waals surface area contributed by atoms with E-state index in [1.54, 1.807) is 12.5 Å². The monoisotopic (exact) mass is 234 g/mol. The zero-order valence-electron chi connectivity index (χ0n) is 10.6. The van der Waals surface area contributed by atoms with E-state index in [-0.39, 0.29) is 6.04 Å². The molecule has 0 saturated heterocycles. The quantitative estimate of drug-likeness (QED) is 0.620. The lowest BCUT2D eigenvalue weighted by molar-refractivity contribution is 0.169. The second-order valence-electron chi connectivity index (χ2n) is 5.31. The maximum absolute atomic E-state index is 5.71. The molecular formula is C13H22N4. The number of hydrazine groups is 1. The van der Waals surface area contributed by atoms with Gasteiger partial charge in [-0.3, -0.25) is 11.3 Å². The van der Waals surface area contributed by atoms with Gasteiger partial charge < -0.3 is 0 Å². The number of hydrogen-bond acceptors (Lipinski definition) is 4. The van der Waals surface area contributed by atoms with Crippen LogP contribution in [-0.4, -0.2) is 9.97 Å². The second kappa shape index (κ2) is 5.56. The molecule has 0 amide bonds. The van der Waals surface area contributed by atoms with E-state index in [0.29, 0.717) is 5.92 Å². The van der Waals surface area contributed by atoms with E-state index in [9.17, 15) is 0 Å². The summed E-state index contributed by atoms with van der Waals surface area (Å²) in [6.45, 7) is 4.68. The van der Waals surface area contributed by atoms with Crippen molar-refractivity contribution in [1.29, 1.82) is 0 Å². The summed E-state index contributed by atoms with van der Waals surface area (Å²) >= 11 is 0. The summed E-state index contributed by atoms with van der Waals surface area (Å²) in [6.07, 6.45) is 7.11. The molecule has 3 N–H and O–H groups in total. The largest absolute Gasteiger partial charge is 0.271 e. The van der Waals surface area contributed by atoms with Gasteiger partial charge in [-0.2, -0.15) is 0 Å². The van der Waals surface area contributed by atoms with E-state index < -0.39 is 0 Å². The van der Waals surface area contributed by atoms with Gasteiger partial charge in [-0.15, -0.1) is 0 Å². The molecule has 1 saturated carbocycles. The van der Waals surface area contributed by atoms with Gasteiger partial charge in [0.1, 0.15) is 6.33 Å². The van der Waals surface area contributed by atoms with Crippen LogP contribution in [0.3, 0.4) is 0 Å². The van der Waals surface area contributed by atoms with E-state index in [2.05, 4.69) is 29.2 Å². The Balaban J connectivity index is 2.09. The van der Waals surface area contributed by atoms with Crippen molar-refractivity contribution in [3.05, 3.63) is 24.3 Å². The maximum atomic E-state index is 5.71. The molecule has 0 bridgehead atoms. The predicted octanol–water partition coefficient (Wildman–Crippen LogP) is 2.05. The first-order valence-corrected chi connectivity index (χ1v) is 6.44. The molecule has 4 nitrogen and oxygen atoms in total. The Kier molecular flexibility index (Phi) is 4.07. The van der Waals surface area contributed by atoms with Crippen LogP contribution in [0, 0.1) is 17.8 Å². The van der Waals surface area contributed by atoms with Gasteiger partial charge in [-0.25, -0.2) is 9.97 Å². The number of nitrogens with one attached hydrogen (secondary N) is 1. The Labute approximate surface area is 103 Å². The third kappa shape index (κ3) is 2.82. The van der Waals surface area contributed by atoms with E-state index in [1.807, 2.05) is 6.07 Å². The molecule has 4 heteroatoms. The fourth-order valence-corrected chi connectivity index (χ4v) is 2.84. The van der Waals surface area contributed by atoms with Gasteiger partial charge in [-0.1, -0.05) is 20.3 Å². The minimum absolute atomic E-state index is 0.160. The van der Waals surface area contributed by atoms with Crippen LogP contribution in [0.1, 0.15) is 44.8 Å². The molecule has 1 heterocycles. The van der Waals surface area contributed by atoms with Crippen LogP contribution in [0.15, 0.2) is 18.6 Å². The fraction of sp³-hybridized carbons (Fsp3) is 0.692. The molecule has 1 aliphatic carbocycles. The highest BCUT2D eigenvalue weighted by Crippen LogP contribution is 2.38. The Morgan fingerprint density at radius 1 is 1.35 bits per heavy atom. The molecular weight excluding hydrogens is 212 g/mol. The highest BCUT2D eigenvalue weighted by Gasteiger charge is 2.31. The Morgan fingerprint density at radius 2 is 2.18 bits per heavy atom. The topological polar surface area (TPSA) is 63.8 Å². The third-order valence-corrected chi connectivity index (χ3v) is 4.21. The molecule has 0 aromatic carbocycles. The lowest BCUT2D eigenvalue weighted by atomic mass is 9.73. The minimum Gasteiger partial charge on any atom is -0.271 e. The number of nitrogens with zero attached hydrogens (tertiary/aromatic N) is 2. The number of nitrogens with two attached hydrogens (primary N) is 1. The highest BCUT2D eigenvalue weighted by molar-refractivity contribution is 5.06. The molecule has 2 rings (SSSR count). The zero-order chi connectivity index (χ0) is 12.3. The molecule has 0 radical (unpaired) electrons. The summed E-state index contributed by atoms with van der Waals surface area (Å²) in [6, 6.07) is 2.11. The summed E-state index contributed by atoms with van der Waals surface area (Å²) in [5.41, 5.74) is 3.94. The SMILES string of the molecule is CC1CCC(C(NN)c2ccncn2)CC1C. The van der Waals surface area contributed by atoms with E-state index in [4.69, 9.17) is 5.84 Å². The molecule has 1 fully saturated rings. The van der Waals surface area contributed by atoms with E-state index in [1.165, 1.54) is 19.3 Å². The van der Waals surface area contributed by atoms with Crippen LogP contribution in [-0.2, 0) is 0 Å². The lowest BCUT2D eigenvalue weighted by Crippen LogP contribution is -2.37. The summed E-state index contributed by atoms with van der Waals surface area (Å²) in [4.78, 5) is 8.27. The van der Waals surface area contributed by atoms with Crippen molar-refractivity contribution < 1.29 is 0 Å². The zero-order valence-corrected chi connectivity index (χ0v) is 10.6. The fourth-order valence-electron chi connectivity index (χ4n) is 2.84. The summed E-state index contributed by atoms with van der Waals surface area (Å²) < 4.78 is 0. The van der Waals surface area contributed by atoms with Gasteiger partial charge >= 0.3 is 0 Å². The normalized spacial score (nSPS) is 31.1. The number of rotatable bonds is 3. The van der Waals surface area contributed by atoms with Gasteiger partial charge in [0.2, 0.25) is 0 Å². The van der Waals surface area contributed by atoms with Crippen LogP contribution in [0.5, 0.6) is 0 Å². The summed E-state index contributed by atoms with van der Waals surface area (Å²) in [5, 5.41) is 0. The second-order valence-corrected chi connectivity index (χ2v) is 5.31. The molecule has 1 aromatic rings. The van der Waals surface area contributed by atoms with Gasteiger partial charge in [0.25, 0.3) is 0 Å². The van der Waals surface area contributed by atoms with Crippen LogP contribution in [0.4, 0.5) is 0 Å². The molecule has 17 heavy (non-hydrogen) atoms. The minimum atomic E-state index is 0.160. The summed E-state index contributed by atoms with van der Waals surface area (Å²) in [5.74, 6) is 7.89. The Bertz CT molecular complexity index is 341. The first-order valence-electron chi connectivity index (χ1n) is 6.44. The van der Waals surface area contributed by atoms with E-state index in [0.717, 1.165) is 17.5 Å². The van der Waals surface area contributed by atoms with Gasteiger partial charge in [0.05, 0.1) is 11.7 Å². The molecule has 4 atom stereocenters. The molecule has 0 aliphatic heterocycles. The van der Waals surface area contributed by atoms with Gasteiger partial charge in [0.15, 0.2) is 0 Å². The molecule has 94 valence electrons. The van der Waals surface area contributed by atoms with E-state index >= 15 is 0 Å². The molecule has 1 aliphatic rings. The predicted molar refractivity (Wildman–Crippen MR) is 67.8 cm³/mol. The number of hydrogen-bond donors (Lipinski definition) is 2. The number of aromatic nitrogens is 2. The van der Waals surface area contributed by atoms with Crippen molar-refractivity contribution in [2.45, 2.75) is 39.2 Å². The maximum Gasteiger partial charge on any atom is 0.115 e. The van der Waals surface area contributed by atoms with Crippen molar-refractivity contribution in [2.75, 3.05) is 0 Å². The van der Waals surface area contributed by atoms with Crippen LogP contribution < -0.4 is 11.3 Å². The third-order valence-electron chi connectivity index (χ3n) is 4.21. The molecule has 4 unspecified atom stereocenters. The highest BCUT2D eigenvalue weighted by atomic mass is 15.2. The average molecular weight is 234 g/mol. The average Bonchev–Trinajstić information content (AvgIpc) is 2.36.